The van der Waals surface area contributed by atoms with Crippen molar-refractivity contribution in [3.63, 3.8) is 0 Å². The number of phenols is 1. The SMILES string of the molecule is CC(C)n1nccc1-c1ncccc1C1(Oc2cccc(O)c2CO)CC1. The van der Waals surface area contributed by atoms with Crippen LogP contribution < -0.4 is 4.74 Å². The minimum atomic E-state index is -0.507. The minimum Gasteiger partial charge on any atom is -0.507 e. The molecule has 2 aromatic heterocycles. The molecule has 1 aromatic carbocycles. The second-order valence-corrected chi connectivity index (χ2v) is 7.16. The number of pyridine rings is 1. The summed E-state index contributed by atoms with van der Waals surface area (Å²) in [6.07, 6.45) is 5.26. The van der Waals surface area contributed by atoms with Crippen molar-refractivity contribution in [2.45, 2.75) is 44.9 Å². The molecule has 0 spiro atoms. The largest absolute Gasteiger partial charge is 0.507 e. The number of benzene rings is 1. The van der Waals surface area contributed by atoms with Gasteiger partial charge in [-0.15, -0.1) is 0 Å². The Kier molecular flexibility index (Phi) is 4.36. The van der Waals surface area contributed by atoms with Crippen LogP contribution in [0, 0.1) is 0 Å². The van der Waals surface area contributed by atoms with Crippen LogP contribution in [0.5, 0.6) is 11.5 Å². The number of aliphatic hydroxyl groups excluding tert-OH is 1. The molecule has 0 atom stereocenters. The molecule has 1 aliphatic carbocycles. The van der Waals surface area contributed by atoms with E-state index in [9.17, 15) is 10.2 Å². The molecule has 1 saturated carbocycles. The highest BCUT2D eigenvalue weighted by molar-refractivity contribution is 5.62. The van der Waals surface area contributed by atoms with Gasteiger partial charge in [0.2, 0.25) is 0 Å². The van der Waals surface area contributed by atoms with Crippen molar-refractivity contribution in [1.82, 2.24) is 14.8 Å². The standard InChI is InChI=1S/C21H23N3O3/c1-14(2)24-17(8-12-23-24)20-16(5-4-11-22-20)21(9-10-21)27-19-7-3-6-18(26)15(19)13-25/h3-8,11-12,14,25-26H,9-10,13H2,1-2H3. The Labute approximate surface area is 158 Å². The summed E-state index contributed by atoms with van der Waals surface area (Å²) in [5.74, 6) is 0.539. The van der Waals surface area contributed by atoms with Gasteiger partial charge in [-0.25, -0.2) is 0 Å². The molecule has 140 valence electrons. The van der Waals surface area contributed by atoms with Crippen molar-refractivity contribution in [2.24, 2.45) is 0 Å². The number of nitrogens with zero attached hydrogens (tertiary/aromatic N) is 3. The third-order valence-corrected chi connectivity index (χ3v) is 4.98. The maximum atomic E-state index is 10.0. The molecule has 0 saturated heterocycles. The fourth-order valence-electron chi connectivity index (χ4n) is 3.45. The van der Waals surface area contributed by atoms with Gasteiger partial charge in [-0.2, -0.15) is 5.10 Å². The first kappa shape index (κ1) is 17.5. The van der Waals surface area contributed by atoms with Crippen LogP contribution in [0.3, 0.4) is 0 Å². The Morgan fingerprint density at radius 1 is 1.15 bits per heavy atom. The number of hydrogen-bond acceptors (Lipinski definition) is 5. The lowest BCUT2D eigenvalue weighted by Gasteiger charge is -2.23. The van der Waals surface area contributed by atoms with E-state index < -0.39 is 5.60 Å². The van der Waals surface area contributed by atoms with Crippen LogP contribution in [0.15, 0.2) is 48.8 Å². The summed E-state index contributed by atoms with van der Waals surface area (Å²) in [4.78, 5) is 4.63. The Hall–Kier alpha value is -2.86. The number of aromatic nitrogens is 3. The first-order valence-corrected chi connectivity index (χ1v) is 9.16. The third kappa shape index (κ3) is 3.06. The van der Waals surface area contributed by atoms with Crippen molar-refractivity contribution in [1.29, 1.82) is 0 Å². The fourth-order valence-corrected chi connectivity index (χ4v) is 3.45. The van der Waals surface area contributed by atoms with Gasteiger partial charge in [-0.1, -0.05) is 12.1 Å². The summed E-state index contributed by atoms with van der Waals surface area (Å²) in [6, 6.07) is 11.2. The van der Waals surface area contributed by atoms with Crippen molar-refractivity contribution in [2.75, 3.05) is 0 Å². The zero-order valence-electron chi connectivity index (χ0n) is 15.5. The molecule has 27 heavy (non-hydrogen) atoms. The topological polar surface area (TPSA) is 80.4 Å². The molecule has 2 heterocycles. The lowest BCUT2D eigenvalue weighted by Crippen LogP contribution is -2.19. The van der Waals surface area contributed by atoms with E-state index in [0.717, 1.165) is 29.8 Å². The molecule has 0 bridgehead atoms. The summed E-state index contributed by atoms with van der Waals surface area (Å²) in [7, 11) is 0. The molecule has 4 rings (SSSR count). The third-order valence-electron chi connectivity index (χ3n) is 4.98. The van der Waals surface area contributed by atoms with E-state index in [1.807, 2.05) is 22.9 Å². The molecule has 6 nitrogen and oxygen atoms in total. The van der Waals surface area contributed by atoms with E-state index in [2.05, 4.69) is 23.9 Å². The molecule has 0 radical (unpaired) electrons. The minimum absolute atomic E-state index is 0.0371. The van der Waals surface area contributed by atoms with Gasteiger partial charge >= 0.3 is 0 Å². The van der Waals surface area contributed by atoms with Crippen LogP contribution in [0.25, 0.3) is 11.4 Å². The first-order chi connectivity index (χ1) is 13.1. The lowest BCUT2D eigenvalue weighted by molar-refractivity contribution is 0.172. The molecule has 1 aliphatic rings. The molecule has 3 aromatic rings. The summed E-state index contributed by atoms with van der Waals surface area (Å²) < 4.78 is 8.31. The van der Waals surface area contributed by atoms with Crippen LogP contribution >= 0.6 is 0 Å². The summed E-state index contributed by atoms with van der Waals surface area (Å²) in [6.45, 7) is 3.89. The van der Waals surface area contributed by atoms with E-state index in [4.69, 9.17) is 4.74 Å². The van der Waals surface area contributed by atoms with Gasteiger partial charge in [0.1, 0.15) is 17.1 Å². The maximum absolute atomic E-state index is 10.0. The first-order valence-electron chi connectivity index (χ1n) is 9.16. The van der Waals surface area contributed by atoms with Crippen LogP contribution in [-0.4, -0.2) is 25.0 Å². The summed E-state index contributed by atoms with van der Waals surface area (Å²) >= 11 is 0. The average molecular weight is 365 g/mol. The van der Waals surface area contributed by atoms with Crippen LogP contribution in [0.2, 0.25) is 0 Å². The number of aliphatic hydroxyl groups is 1. The maximum Gasteiger partial charge on any atom is 0.136 e. The van der Waals surface area contributed by atoms with Gasteiger partial charge in [0.05, 0.1) is 23.6 Å². The summed E-state index contributed by atoms with van der Waals surface area (Å²) in [5, 5.41) is 24.1. The number of ether oxygens (including phenoxy) is 1. The highest BCUT2D eigenvalue weighted by Gasteiger charge is 2.49. The van der Waals surface area contributed by atoms with Gasteiger partial charge in [0, 0.05) is 24.0 Å². The predicted octanol–water partition coefficient (Wildman–Crippen LogP) is 3.79. The van der Waals surface area contributed by atoms with Gasteiger partial charge in [-0.05, 0) is 51.0 Å². The molecule has 6 heteroatoms. The zero-order valence-corrected chi connectivity index (χ0v) is 15.5. The Bertz CT molecular complexity index is 961. The molecule has 0 aliphatic heterocycles. The Morgan fingerprint density at radius 2 is 1.96 bits per heavy atom. The van der Waals surface area contributed by atoms with Crippen LogP contribution in [0.4, 0.5) is 0 Å². The summed E-state index contributed by atoms with van der Waals surface area (Å²) in [5.41, 5.74) is 2.70. The molecular formula is C21H23N3O3. The van der Waals surface area contributed by atoms with Crippen molar-refractivity contribution < 1.29 is 14.9 Å². The Morgan fingerprint density at radius 3 is 2.67 bits per heavy atom. The molecular weight excluding hydrogens is 342 g/mol. The van der Waals surface area contributed by atoms with Gasteiger partial charge in [0.25, 0.3) is 0 Å². The van der Waals surface area contributed by atoms with E-state index in [1.54, 1.807) is 30.6 Å². The Balaban J connectivity index is 1.77. The van der Waals surface area contributed by atoms with Crippen LogP contribution in [-0.2, 0) is 12.2 Å². The number of rotatable bonds is 6. The van der Waals surface area contributed by atoms with E-state index in [0.29, 0.717) is 11.3 Å². The van der Waals surface area contributed by atoms with E-state index >= 15 is 0 Å². The number of hydrogen-bond donors (Lipinski definition) is 2. The van der Waals surface area contributed by atoms with Crippen molar-refractivity contribution in [3.8, 4) is 22.9 Å². The molecule has 0 amide bonds. The van der Waals surface area contributed by atoms with Crippen molar-refractivity contribution >= 4 is 0 Å². The molecule has 1 fully saturated rings. The van der Waals surface area contributed by atoms with Gasteiger partial charge in [-0.3, -0.25) is 9.67 Å². The fraction of sp³-hybridized carbons (Fsp3) is 0.333. The monoisotopic (exact) mass is 365 g/mol. The second-order valence-electron chi connectivity index (χ2n) is 7.16. The lowest BCUT2D eigenvalue weighted by atomic mass is 10.0. The van der Waals surface area contributed by atoms with E-state index in [1.165, 1.54) is 0 Å². The normalized spacial score (nSPS) is 15.1. The molecule has 2 N–H and O–H groups in total. The smallest absolute Gasteiger partial charge is 0.136 e. The predicted molar refractivity (Wildman–Crippen MR) is 101 cm³/mol. The van der Waals surface area contributed by atoms with Gasteiger partial charge < -0.3 is 14.9 Å². The van der Waals surface area contributed by atoms with E-state index in [-0.39, 0.29) is 18.4 Å². The zero-order chi connectivity index (χ0) is 19.0. The van der Waals surface area contributed by atoms with Gasteiger partial charge in [0.15, 0.2) is 0 Å². The second kappa shape index (κ2) is 6.70. The highest BCUT2D eigenvalue weighted by atomic mass is 16.5. The molecule has 0 unspecified atom stereocenters. The van der Waals surface area contributed by atoms with Crippen LogP contribution in [0.1, 0.15) is 43.9 Å². The number of aromatic hydroxyl groups is 1. The quantitative estimate of drug-likeness (QED) is 0.695. The van der Waals surface area contributed by atoms with Crippen molar-refractivity contribution in [3.05, 3.63) is 59.9 Å². The average Bonchev–Trinajstić information content (AvgIpc) is 3.26. The highest BCUT2D eigenvalue weighted by Crippen LogP contribution is 2.52.